The number of amides is 1. The molecule has 1 aromatic heterocycles. The van der Waals surface area contributed by atoms with E-state index in [1.165, 1.54) is 0 Å². The van der Waals surface area contributed by atoms with Crippen LogP contribution in [0.25, 0.3) is 11.0 Å². The highest BCUT2D eigenvalue weighted by atomic mass is 16.5. The molecule has 2 heterocycles. The van der Waals surface area contributed by atoms with E-state index in [0.29, 0.717) is 12.8 Å². The number of likely N-dealkylation sites (tertiary alicyclic amines) is 1. The second kappa shape index (κ2) is 7.92. The number of ether oxygens (including phenoxy) is 2. The van der Waals surface area contributed by atoms with Crippen molar-refractivity contribution in [1.82, 2.24) is 14.9 Å². The molecule has 6 heteroatoms. The molecule has 1 atom stereocenters. The molecule has 2 aromatic carbocycles. The van der Waals surface area contributed by atoms with Gasteiger partial charge in [0.05, 0.1) is 31.3 Å². The number of hydrogen-bond acceptors (Lipinski definition) is 4. The van der Waals surface area contributed by atoms with Crippen molar-refractivity contribution in [3.63, 3.8) is 0 Å². The number of aromatic nitrogens is 2. The molecule has 0 saturated carbocycles. The molecule has 1 aliphatic heterocycles. The molecule has 0 spiro atoms. The second-order valence-electron chi connectivity index (χ2n) is 7.11. The van der Waals surface area contributed by atoms with Gasteiger partial charge in [-0.25, -0.2) is 4.98 Å². The van der Waals surface area contributed by atoms with Crippen LogP contribution in [0.5, 0.6) is 11.5 Å². The molecule has 0 bridgehead atoms. The molecule has 1 saturated heterocycles. The summed E-state index contributed by atoms with van der Waals surface area (Å²) in [5.41, 5.74) is 2.99. The number of para-hydroxylation sites is 2. The minimum atomic E-state index is 0.0275. The van der Waals surface area contributed by atoms with Crippen molar-refractivity contribution >= 4 is 16.9 Å². The Morgan fingerprint density at radius 2 is 1.93 bits per heavy atom. The third kappa shape index (κ3) is 3.67. The minimum Gasteiger partial charge on any atom is -0.497 e. The van der Waals surface area contributed by atoms with E-state index in [-0.39, 0.29) is 11.9 Å². The predicted octanol–water partition coefficient (Wildman–Crippen LogP) is 3.88. The van der Waals surface area contributed by atoms with Crippen LogP contribution in [0.2, 0.25) is 0 Å². The number of aromatic amines is 1. The zero-order valence-electron chi connectivity index (χ0n) is 16.3. The monoisotopic (exact) mass is 379 g/mol. The Hall–Kier alpha value is -3.02. The van der Waals surface area contributed by atoms with Crippen molar-refractivity contribution in [3.8, 4) is 11.5 Å². The maximum Gasteiger partial charge on any atom is 0.223 e. The van der Waals surface area contributed by atoms with Gasteiger partial charge in [-0.2, -0.15) is 0 Å². The Kier molecular flexibility index (Phi) is 5.19. The van der Waals surface area contributed by atoms with E-state index in [0.717, 1.165) is 53.3 Å². The molecule has 1 N–H and O–H groups in total. The number of aryl methyl sites for hydroxylation is 1. The molecule has 4 rings (SSSR count). The van der Waals surface area contributed by atoms with Gasteiger partial charge in [0.2, 0.25) is 5.91 Å². The maximum absolute atomic E-state index is 12.9. The summed E-state index contributed by atoms with van der Waals surface area (Å²) in [6.45, 7) is 0.780. The van der Waals surface area contributed by atoms with Crippen LogP contribution in [-0.2, 0) is 11.2 Å². The summed E-state index contributed by atoms with van der Waals surface area (Å²) in [4.78, 5) is 23.0. The molecule has 1 aliphatic rings. The Balaban J connectivity index is 1.46. The standard InChI is InChI=1S/C22H25N3O3/c1-27-16-12-15(13-17(14-16)28-2)9-10-21(26)25-11-5-8-20(25)22-23-18-6-3-4-7-19(18)24-22/h3-4,6-7,12-14,20H,5,8-11H2,1-2H3,(H,23,24)/t20-/m1/s1. The van der Waals surface area contributed by atoms with Gasteiger partial charge in [0, 0.05) is 19.0 Å². The predicted molar refractivity (Wildman–Crippen MR) is 108 cm³/mol. The number of nitrogens with one attached hydrogen (secondary N) is 1. The topological polar surface area (TPSA) is 67.5 Å². The van der Waals surface area contributed by atoms with Crippen molar-refractivity contribution in [3.05, 3.63) is 53.9 Å². The van der Waals surface area contributed by atoms with Gasteiger partial charge in [-0.05, 0) is 49.1 Å². The number of carbonyl (C=O) groups is 1. The highest BCUT2D eigenvalue weighted by Crippen LogP contribution is 2.32. The van der Waals surface area contributed by atoms with Gasteiger partial charge in [-0.1, -0.05) is 12.1 Å². The van der Waals surface area contributed by atoms with E-state index in [9.17, 15) is 4.79 Å². The number of imidazole rings is 1. The molecule has 6 nitrogen and oxygen atoms in total. The molecular formula is C22H25N3O3. The molecule has 1 amide bonds. The minimum absolute atomic E-state index is 0.0275. The lowest BCUT2D eigenvalue weighted by atomic mass is 10.1. The van der Waals surface area contributed by atoms with Crippen molar-refractivity contribution in [2.75, 3.05) is 20.8 Å². The lowest BCUT2D eigenvalue weighted by Crippen LogP contribution is -2.31. The van der Waals surface area contributed by atoms with E-state index in [1.807, 2.05) is 47.4 Å². The smallest absolute Gasteiger partial charge is 0.223 e. The van der Waals surface area contributed by atoms with E-state index < -0.39 is 0 Å². The molecule has 0 radical (unpaired) electrons. The maximum atomic E-state index is 12.9. The Morgan fingerprint density at radius 3 is 2.64 bits per heavy atom. The summed E-state index contributed by atoms with van der Waals surface area (Å²) < 4.78 is 10.6. The van der Waals surface area contributed by atoms with Crippen molar-refractivity contribution in [1.29, 1.82) is 0 Å². The highest BCUT2D eigenvalue weighted by molar-refractivity contribution is 5.78. The zero-order valence-corrected chi connectivity index (χ0v) is 16.3. The van der Waals surface area contributed by atoms with Gasteiger partial charge in [-0.15, -0.1) is 0 Å². The van der Waals surface area contributed by atoms with Crippen LogP contribution in [0.4, 0.5) is 0 Å². The Labute approximate surface area is 164 Å². The summed E-state index contributed by atoms with van der Waals surface area (Å²) >= 11 is 0. The number of nitrogens with zero attached hydrogens (tertiary/aromatic N) is 2. The van der Waals surface area contributed by atoms with E-state index in [2.05, 4.69) is 4.98 Å². The summed E-state index contributed by atoms with van der Waals surface area (Å²) in [6.07, 6.45) is 3.04. The summed E-state index contributed by atoms with van der Waals surface area (Å²) in [5.74, 6) is 2.52. The number of fused-ring (bicyclic) bond motifs is 1. The molecule has 28 heavy (non-hydrogen) atoms. The van der Waals surface area contributed by atoms with Crippen LogP contribution in [0.1, 0.15) is 36.7 Å². The third-order valence-electron chi connectivity index (χ3n) is 5.34. The van der Waals surface area contributed by atoms with Crippen LogP contribution < -0.4 is 9.47 Å². The lowest BCUT2D eigenvalue weighted by Gasteiger charge is -2.23. The van der Waals surface area contributed by atoms with Gasteiger partial charge in [0.1, 0.15) is 17.3 Å². The molecule has 0 unspecified atom stereocenters. The molecule has 0 aliphatic carbocycles. The van der Waals surface area contributed by atoms with Crippen LogP contribution in [0.15, 0.2) is 42.5 Å². The summed E-state index contributed by atoms with van der Waals surface area (Å²) in [5, 5.41) is 0. The first kappa shape index (κ1) is 18.3. The van der Waals surface area contributed by atoms with E-state index >= 15 is 0 Å². The molecule has 146 valence electrons. The van der Waals surface area contributed by atoms with E-state index in [4.69, 9.17) is 14.5 Å². The fourth-order valence-electron chi connectivity index (χ4n) is 3.89. The normalized spacial score (nSPS) is 16.5. The second-order valence-corrected chi connectivity index (χ2v) is 7.11. The zero-order chi connectivity index (χ0) is 19.5. The summed E-state index contributed by atoms with van der Waals surface area (Å²) in [6, 6.07) is 13.8. The first-order chi connectivity index (χ1) is 13.7. The largest absolute Gasteiger partial charge is 0.497 e. The molecule has 1 fully saturated rings. The van der Waals surface area contributed by atoms with E-state index in [1.54, 1.807) is 14.2 Å². The number of benzene rings is 2. The molecular weight excluding hydrogens is 354 g/mol. The van der Waals surface area contributed by atoms with Crippen LogP contribution in [0.3, 0.4) is 0 Å². The van der Waals surface area contributed by atoms with Crippen molar-refractivity contribution < 1.29 is 14.3 Å². The van der Waals surface area contributed by atoms with Crippen molar-refractivity contribution in [2.45, 2.75) is 31.7 Å². The Bertz CT molecular complexity index is 927. The average molecular weight is 379 g/mol. The quantitative estimate of drug-likeness (QED) is 0.706. The average Bonchev–Trinajstić information content (AvgIpc) is 3.38. The van der Waals surface area contributed by atoms with Crippen LogP contribution in [-0.4, -0.2) is 41.5 Å². The fraction of sp³-hybridized carbons (Fsp3) is 0.364. The van der Waals surface area contributed by atoms with Crippen molar-refractivity contribution in [2.24, 2.45) is 0 Å². The van der Waals surface area contributed by atoms with Gasteiger partial charge in [0.15, 0.2) is 0 Å². The number of hydrogen-bond donors (Lipinski definition) is 1. The van der Waals surface area contributed by atoms with Gasteiger partial charge in [-0.3, -0.25) is 4.79 Å². The fourth-order valence-corrected chi connectivity index (χ4v) is 3.89. The highest BCUT2D eigenvalue weighted by Gasteiger charge is 2.31. The van der Waals surface area contributed by atoms with Crippen LogP contribution >= 0.6 is 0 Å². The first-order valence-corrected chi connectivity index (χ1v) is 9.64. The number of carbonyl (C=O) groups excluding carboxylic acids is 1. The Morgan fingerprint density at radius 1 is 1.18 bits per heavy atom. The first-order valence-electron chi connectivity index (χ1n) is 9.64. The number of methoxy groups -OCH3 is 2. The number of rotatable bonds is 6. The van der Waals surface area contributed by atoms with Gasteiger partial charge >= 0.3 is 0 Å². The van der Waals surface area contributed by atoms with Gasteiger partial charge in [0.25, 0.3) is 0 Å². The lowest BCUT2D eigenvalue weighted by molar-refractivity contribution is -0.132. The molecule has 3 aromatic rings. The SMILES string of the molecule is COc1cc(CCC(=O)N2CCC[C@@H]2c2nc3ccccc3[nH]2)cc(OC)c1. The van der Waals surface area contributed by atoms with Crippen LogP contribution in [0, 0.1) is 0 Å². The van der Waals surface area contributed by atoms with Gasteiger partial charge < -0.3 is 19.4 Å². The summed E-state index contributed by atoms with van der Waals surface area (Å²) in [7, 11) is 3.26. The third-order valence-corrected chi connectivity index (χ3v) is 5.34. The number of H-pyrrole nitrogens is 1.